The van der Waals surface area contributed by atoms with Crippen LogP contribution < -0.4 is 0 Å². The summed E-state index contributed by atoms with van der Waals surface area (Å²) in [6.07, 6.45) is 0. The molecule has 0 saturated carbocycles. The average molecular weight is 636 g/mol. The normalized spacial score (nSPS) is 27.2. The Morgan fingerprint density at radius 2 is 1.31 bits per heavy atom. The van der Waals surface area contributed by atoms with Crippen LogP contribution in [0, 0.1) is 11.3 Å². The fourth-order valence-electron chi connectivity index (χ4n) is 3.43. The molecule has 0 atom stereocenters. The molecule has 0 bridgehead atoms. The van der Waals surface area contributed by atoms with Gasteiger partial charge in [0.15, 0.2) is 0 Å². The van der Waals surface area contributed by atoms with Crippen LogP contribution >= 0.6 is 47.0 Å². The monoisotopic (exact) mass is 635 g/mol. The van der Waals surface area contributed by atoms with Crippen molar-refractivity contribution < 1.29 is 27.5 Å². The van der Waals surface area contributed by atoms with Gasteiger partial charge in [-0.25, -0.2) is 18.0 Å². The molecule has 218 valence electrons. The van der Waals surface area contributed by atoms with Gasteiger partial charge in [0.25, 0.3) is 3.41 Å². The van der Waals surface area contributed by atoms with E-state index in [1.165, 1.54) is 35.7 Å². The molecule has 14 heteroatoms. The molecule has 1 aromatic rings. The quantitative estimate of drug-likeness (QED) is 0.390. The number of nitrogens with zero attached hydrogens (tertiary/aromatic N) is 3. The van der Waals surface area contributed by atoms with E-state index in [2.05, 4.69) is 11.0 Å². The van der Waals surface area contributed by atoms with Crippen LogP contribution in [0.2, 0.25) is 0 Å². The van der Waals surface area contributed by atoms with Gasteiger partial charge in [-0.15, -0.1) is 47.0 Å². The highest BCUT2D eigenvalue weighted by atomic mass is 32.3. The van der Waals surface area contributed by atoms with E-state index in [0.29, 0.717) is 24.2 Å². The molecule has 1 aromatic carbocycles. The van der Waals surface area contributed by atoms with Crippen molar-refractivity contribution in [1.29, 1.82) is 5.26 Å². The molecule has 2 aliphatic heterocycles. The Morgan fingerprint density at radius 1 is 0.872 bits per heavy atom. The molecule has 2 heterocycles. The number of ether oxygens (including phenoxy) is 2. The molecule has 3 rings (SSSR count). The number of benzene rings is 1. The van der Waals surface area contributed by atoms with Crippen molar-refractivity contribution >= 4 is 68.8 Å². The number of hydrogen-bond donors (Lipinski definition) is 0. The molecule has 0 unspecified atom stereocenters. The largest absolute Gasteiger partial charge is 0.464 e. The minimum absolute atomic E-state index is 0.149. The maximum atomic E-state index is 13.1. The third-order valence-electron chi connectivity index (χ3n) is 5.97. The fourth-order valence-corrected chi connectivity index (χ4v) is 12.7. The Labute approximate surface area is 249 Å². The topological polar surface area (TPSA) is 117 Å². The molecule has 0 aliphatic carbocycles. The van der Waals surface area contributed by atoms with E-state index in [1.807, 2.05) is 33.1 Å². The number of thioether (sulfide) groups is 4. The van der Waals surface area contributed by atoms with Crippen LogP contribution in [0.3, 0.4) is 0 Å². The average Bonchev–Trinajstić information content (AvgIpc) is 2.94. The summed E-state index contributed by atoms with van der Waals surface area (Å²) >= 11 is 5.07. The van der Waals surface area contributed by atoms with Gasteiger partial charge < -0.3 is 19.3 Å². The first-order valence-corrected chi connectivity index (χ1v) is 17.8. The van der Waals surface area contributed by atoms with Crippen LogP contribution in [0.1, 0.15) is 13.8 Å². The van der Waals surface area contributed by atoms with Gasteiger partial charge in [0.05, 0.1) is 18.1 Å². The van der Waals surface area contributed by atoms with Crippen LogP contribution in [0.4, 0.5) is 0 Å². The molecule has 0 radical (unpaired) electrons. The molecule has 0 spiro atoms. The second-order valence-electron chi connectivity index (χ2n) is 9.02. The van der Waals surface area contributed by atoms with Crippen LogP contribution in [0.5, 0.6) is 0 Å². The lowest BCUT2D eigenvalue weighted by atomic mass is 10.4. The summed E-state index contributed by atoms with van der Waals surface area (Å²) in [5, 5.41) is 9.16. The van der Waals surface area contributed by atoms with Crippen molar-refractivity contribution in [2.75, 3.05) is 64.4 Å². The van der Waals surface area contributed by atoms with Gasteiger partial charge in [-0.05, 0) is 54.2 Å². The Kier molecular flexibility index (Phi) is 13.3. The number of esters is 2. The highest BCUT2D eigenvalue weighted by molar-refractivity contribution is 8.33. The van der Waals surface area contributed by atoms with Crippen molar-refractivity contribution in [3.63, 3.8) is 0 Å². The molecule has 0 aromatic heterocycles. The molecule has 0 N–H and O–H groups in total. The molecule has 2 saturated heterocycles. The second-order valence-corrected chi connectivity index (χ2v) is 17.1. The van der Waals surface area contributed by atoms with Gasteiger partial charge in [0.2, 0.25) is 13.9 Å². The molecular weight excluding hydrogens is 599 g/mol. The van der Waals surface area contributed by atoms with E-state index in [0.717, 1.165) is 35.0 Å². The van der Waals surface area contributed by atoms with E-state index >= 15 is 0 Å². The Hall–Kier alpha value is -1.08. The number of rotatable bonds is 8. The van der Waals surface area contributed by atoms with Crippen LogP contribution in [0.25, 0.3) is 0 Å². The van der Waals surface area contributed by atoms with Gasteiger partial charge in [0.1, 0.15) is 6.07 Å². The predicted molar refractivity (Wildman–Crippen MR) is 163 cm³/mol. The van der Waals surface area contributed by atoms with E-state index in [-0.39, 0.29) is 17.5 Å². The maximum absolute atomic E-state index is 13.1. The number of carbonyl (C=O) groups is 2. The van der Waals surface area contributed by atoms with Crippen molar-refractivity contribution in [3.05, 3.63) is 30.3 Å². The van der Waals surface area contributed by atoms with Crippen LogP contribution in [0.15, 0.2) is 35.2 Å². The first-order chi connectivity index (χ1) is 18.4. The highest BCUT2D eigenvalue weighted by Crippen LogP contribution is 2.50. The Balaban J connectivity index is 0.000000293. The first-order valence-electron chi connectivity index (χ1n) is 12.3. The predicted octanol–water partition coefficient (Wildman–Crippen LogP) is 3.27. The van der Waals surface area contributed by atoms with E-state index in [1.54, 1.807) is 32.0 Å². The van der Waals surface area contributed by atoms with Gasteiger partial charge in [0, 0.05) is 35.1 Å². The molecule has 2 fully saturated rings. The van der Waals surface area contributed by atoms with Crippen LogP contribution in [-0.2, 0) is 28.9 Å². The number of hydrogen-bond acceptors (Lipinski definition) is 13. The van der Waals surface area contributed by atoms with Crippen molar-refractivity contribution in [2.45, 2.75) is 38.3 Å². The van der Waals surface area contributed by atoms with Gasteiger partial charge in [-0.1, -0.05) is 18.2 Å². The maximum Gasteiger partial charge on any atom is 0.348 e. The lowest BCUT2D eigenvalue weighted by molar-refractivity contribution is -0.142. The first kappa shape index (κ1) is 34.1. The summed E-state index contributed by atoms with van der Waals surface area (Å²) in [4.78, 5) is 28.6. The standard InChI is InChI=1S/C15H21NO4S3.C10H16N2O2S2/c1-4-20-14(17)15(21-10-12(11-22-15)16(2)3)23(18,19)13-8-6-5-7-9-13;1-4-14-9(13)10(7-11)15-5-8(6-16-10)12(2)3/h5-9,12H,4,10-11H2,1-3H3;8H,4-6H2,1-3H3. The van der Waals surface area contributed by atoms with Gasteiger partial charge >= 0.3 is 11.9 Å². The zero-order valence-corrected chi connectivity index (χ0v) is 27.2. The highest BCUT2D eigenvalue weighted by Gasteiger charge is 2.56. The summed E-state index contributed by atoms with van der Waals surface area (Å²) in [5.74, 6) is 1.59. The lowest BCUT2D eigenvalue weighted by Crippen LogP contribution is -2.49. The number of nitriles is 1. The summed E-state index contributed by atoms with van der Waals surface area (Å²) in [6, 6.07) is 10.8. The smallest absolute Gasteiger partial charge is 0.348 e. The minimum Gasteiger partial charge on any atom is -0.464 e. The van der Waals surface area contributed by atoms with Crippen molar-refractivity contribution in [3.8, 4) is 6.07 Å². The zero-order valence-electron chi connectivity index (χ0n) is 23.1. The molecule has 2 aliphatic rings. The van der Waals surface area contributed by atoms with E-state index < -0.39 is 29.3 Å². The molecule has 39 heavy (non-hydrogen) atoms. The molecule has 9 nitrogen and oxygen atoms in total. The van der Waals surface area contributed by atoms with Crippen LogP contribution in [-0.4, -0.2) is 114 Å². The molecular formula is C25H37N3O6S5. The van der Waals surface area contributed by atoms with Crippen molar-refractivity contribution in [1.82, 2.24) is 9.80 Å². The summed E-state index contributed by atoms with van der Waals surface area (Å²) in [6.45, 7) is 3.91. The molecule has 0 amide bonds. The zero-order chi connectivity index (χ0) is 29.3. The van der Waals surface area contributed by atoms with E-state index in [9.17, 15) is 18.0 Å². The minimum atomic E-state index is -3.86. The van der Waals surface area contributed by atoms with Gasteiger partial charge in [-0.2, -0.15) is 5.26 Å². The number of sulfone groups is 1. The Bertz CT molecular complexity index is 1090. The third-order valence-corrected chi connectivity index (χ3v) is 15.8. The third kappa shape index (κ3) is 8.02. The summed E-state index contributed by atoms with van der Waals surface area (Å²) < 4.78 is 33.7. The summed E-state index contributed by atoms with van der Waals surface area (Å²) in [7, 11) is 4.06. The Morgan fingerprint density at radius 3 is 1.72 bits per heavy atom. The number of carbonyl (C=O) groups excluding carboxylic acids is 2. The lowest BCUT2D eigenvalue weighted by Gasteiger charge is -2.38. The SMILES string of the molecule is CCOC(=O)C1(C#N)SCC(N(C)C)CS1.CCOC(=O)C1(S(=O)(=O)c2ccccc2)SCC(N(C)C)CS1. The van der Waals surface area contributed by atoms with E-state index in [4.69, 9.17) is 14.7 Å². The van der Waals surface area contributed by atoms with Crippen molar-refractivity contribution in [2.24, 2.45) is 0 Å². The summed E-state index contributed by atoms with van der Waals surface area (Å²) in [5.41, 5.74) is 0. The van der Waals surface area contributed by atoms with Gasteiger partial charge in [-0.3, -0.25) is 0 Å². The fraction of sp³-hybridized carbons (Fsp3) is 0.640. The second kappa shape index (κ2) is 15.2.